The standard InChI is InChI=1S/C15H18FN3O/c1-3-4-8-15(20)18-9-10-19(12(2)11-18)14-7-5-6-13(16)17-14/h1,5-7,12H,4,8-11H2,2H3. The third kappa shape index (κ3) is 3.27. The van der Waals surface area contributed by atoms with E-state index in [0.29, 0.717) is 38.3 Å². The number of pyridine rings is 1. The highest BCUT2D eigenvalue weighted by Crippen LogP contribution is 2.19. The molecule has 0 spiro atoms. The summed E-state index contributed by atoms with van der Waals surface area (Å²) < 4.78 is 13.2. The number of piperazine rings is 1. The average Bonchev–Trinajstić information content (AvgIpc) is 2.44. The molecule has 1 aromatic heterocycles. The van der Waals surface area contributed by atoms with Gasteiger partial charge in [-0.05, 0) is 19.1 Å². The number of terminal acetylenes is 1. The summed E-state index contributed by atoms with van der Waals surface area (Å²) in [6.07, 6.45) is 6.03. The van der Waals surface area contributed by atoms with Crippen LogP contribution in [-0.2, 0) is 4.79 Å². The van der Waals surface area contributed by atoms with E-state index in [1.807, 2.05) is 16.7 Å². The summed E-state index contributed by atoms with van der Waals surface area (Å²) in [5.74, 6) is 2.70. The van der Waals surface area contributed by atoms with Crippen LogP contribution in [-0.4, -0.2) is 41.5 Å². The minimum atomic E-state index is -0.484. The molecule has 0 N–H and O–H groups in total. The lowest BCUT2D eigenvalue weighted by Gasteiger charge is -2.40. The molecule has 106 valence electrons. The number of hydrogen-bond acceptors (Lipinski definition) is 3. The molecule has 0 bridgehead atoms. The molecular formula is C15H18FN3O. The molecule has 1 fully saturated rings. The van der Waals surface area contributed by atoms with E-state index in [2.05, 4.69) is 10.9 Å². The Bertz CT molecular complexity index is 526. The number of anilines is 1. The van der Waals surface area contributed by atoms with Crippen molar-refractivity contribution < 1.29 is 9.18 Å². The zero-order valence-electron chi connectivity index (χ0n) is 11.6. The van der Waals surface area contributed by atoms with Crippen molar-refractivity contribution in [3.63, 3.8) is 0 Å². The second kappa shape index (κ2) is 6.38. The number of rotatable bonds is 3. The van der Waals surface area contributed by atoms with Crippen molar-refractivity contribution in [2.75, 3.05) is 24.5 Å². The smallest absolute Gasteiger partial charge is 0.223 e. The molecule has 1 amide bonds. The van der Waals surface area contributed by atoms with Gasteiger partial charge >= 0.3 is 0 Å². The predicted octanol–water partition coefficient (Wildman–Crippen LogP) is 1.67. The number of carbonyl (C=O) groups is 1. The Labute approximate surface area is 118 Å². The molecule has 1 aliphatic heterocycles. The maximum absolute atomic E-state index is 13.2. The highest BCUT2D eigenvalue weighted by atomic mass is 19.1. The Balaban J connectivity index is 1.99. The molecule has 0 radical (unpaired) electrons. The van der Waals surface area contributed by atoms with E-state index in [1.165, 1.54) is 6.07 Å². The first-order valence-corrected chi connectivity index (χ1v) is 6.72. The predicted molar refractivity (Wildman–Crippen MR) is 75.7 cm³/mol. The molecule has 2 heterocycles. The van der Waals surface area contributed by atoms with Crippen molar-refractivity contribution in [2.45, 2.75) is 25.8 Å². The van der Waals surface area contributed by atoms with Crippen molar-refractivity contribution in [1.29, 1.82) is 0 Å². The summed E-state index contributed by atoms with van der Waals surface area (Å²) in [6, 6.07) is 4.87. The van der Waals surface area contributed by atoms with Gasteiger partial charge in [0, 0.05) is 38.5 Å². The third-order valence-corrected chi connectivity index (χ3v) is 3.46. The molecule has 5 heteroatoms. The number of amides is 1. The topological polar surface area (TPSA) is 36.4 Å². The van der Waals surface area contributed by atoms with Crippen LogP contribution in [0.15, 0.2) is 18.2 Å². The molecule has 1 unspecified atom stereocenters. The maximum Gasteiger partial charge on any atom is 0.223 e. The number of halogens is 1. The fraction of sp³-hybridized carbons (Fsp3) is 0.467. The SMILES string of the molecule is C#CCCC(=O)N1CCN(c2cccc(F)n2)C(C)C1. The Hall–Kier alpha value is -2.09. The van der Waals surface area contributed by atoms with Gasteiger partial charge in [-0.2, -0.15) is 4.39 Å². The van der Waals surface area contributed by atoms with Crippen LogP contribution in [0, 0.1) is 18.3 Å². The summed E-state index contributed by atoms with van der Waals surface area (Å²) in [6.45, 7) is 3.89. The zero-order valence-corrected chi connectivity index (χ0v) is 11.6. The van der Waals surface area contributed by atoms with Crippen molar-refractivity contribution in [3.8, 4) is 12.3 Å². The maximum atomic E-state index is 13.2. The molecule has 1 saturated heterocycles. The Kier molecular flexibility index (Phi) is 4.57. The van der Waals surface area contributed by atoms with Gasteiger partial charge in [-0.15, -0.1) is 12.3 Å². The minimum absolute atomic E-state index is 0.0849. The Morgan fingerprint density at radius 1 is 1.55 bits per heavy atom. The molecular weight excluding hydrogens is 257 g/mol. The minimum Gasteiger partial charge on any atom is -0.350 e. The second-order valence-electron chi connectivity index (χ2n) is 4.90. The summed E-state index contributed by atoms with van der Waals surface area (Å²) in [5.41, 5.74) is 0. The van der Waals surface area contributed by atoms with Gasteiger partial charge in [-0.25, -0.2) is 4.98 Å². The quantitative estimate of drug-likeness (QED) is 0.622. The van der Waals surface area contributed by atoms with Gasteiger partial charge in [0.05, 0.1) is 0 Å². The highest BCUT2D eigenvalue weighted by Gasteiger charge is 2.27. The highest BCUT2D eigenvalue weighted by molar-refractivity contribution is 5.76. The first kappa shape index (κ1) is 14.3. The molecule has 4 nitrogen and oxygen atoms in total. The summed E-state index contributed by atoms with van der Waals surface area (Å²) in [5, 5.41) is 0. The van der Waals surface area contributed by atoms with Crippen LogP contribution < -0.4 is 4.90 Å². The van der Waals surface area contributed by atoms with E-state index in [9.17, 15) is 9.18 Å². The van der Waals surface area contributed by atoms with Crippen LogP contribution >= 0.6 is 0 Å². The zero-order chi connectivity index (χ0) is 14.5. The van der Waals surface area contributed by atoms with E-state index >= 15 is 0 Å². The van der Waals surface area contributed by atoms with Crippen molar-refractivity contribution in [2.24, 2.45) is 0 Å². The molecule has 20 heavy (non-hydrogen) atoms. The lowest BCUT2D eigenvalue weighted by molar-refractivity contribution is -0.131. The van der Waals surface area contributed by atoms with Crippen LogP contribution in [0.25, 0.3) is 0 Å². The number of aromatic nitrogens is 1. The Morgan fingerprint density at radius 2 is 2.35 bits per heavy atom. The lowest BCUT2D eigenvalue weighted by atomic mass is 10.1. The van der Waals surface area contributed by atoms with Gasteiger partial charge in [-0.3, -0.25) is 4.79 Å². The fourth-order valence-corrected chi connectivity index (χ4v) is 2.42. The van der Waals surface area contributed by atoms with Crippen LogP contribution in [0.4, 0.5) is 10.2 Å². The molecule has 0 saturated carbocycles. The van der Waals surface area contributed by atoms with Gasteiger partial charge in [0.1, 0.15) is 5.82 Å². The monoisotopic (exact) mass is 275 g/mol. The number of carbonyl (C=O) groups excluding carboxylic acids is 1. The number of nitrogens with zero attached hydrogens (tertiary/aromatic N) is 3. The normalized spacial score (nSPS) is 18.8. The molecule has 2 rings (SSSR count). The van der Waals surface area contributed by atoms with Gasteiger partial charge in [0.25, 0.3) is 0 Å². The molecule has 0 aromatic carbocycles. The molecule has 1 atom stereocenters. The van der Waals surface area contributed by atoms with Gasteiger partial charge in [0.2, 0.25) is 11.9 Å². The van der Waals surface area contributed by atoms with Crippen molar-refractivity contribution in [3.05, 3.63) is 24.1 Å². The fourth-order valence-electron chi connectivity index (χ4n) is 2.42. The second-order valence-corrected chi connectivity index (χ2v) is 4.90. The van der Waals surface area contributed by atoms with Gasteiger partial charge in [0.15, 0.2) is 0 Å². The molecule has 0 aliphatic carbocycles. The van der Waals surface area contributed by atoms with E-state index in [-0.39, 0.29) is 11.9 Å². The first-order chi connectivity index (χ1) is 9.61. The van der Waals surface area contributed by atoms with Crippen LogP contribution in [0.3, 0.4) is 0 Å². The molecule has 1 aromatic rings. The van der Waals surface area contributed by atoms with E-state index in [4.69, 9.17) is 6.42 Å². The van der Waals surface area contributed by atoms with E-state index in [0.717, 1.165) is 0 Å². The first-order valence-electron chi connectivity index (χ1n) is 6.72. The summed E-state index contributed by atoms with van der Waals surface area (Å²) in [4.78, 5) is 19.7. The van der Waals surface area contributed by atoms with Crippen LogP contribution in [0.1, 0.15) is 19.8 Å². The molecule has 1 aliphatic rings. The van der Waals surface area contributed by atoms with Crippen molar-refractivity contribution in [1.82, 2.24) is 9.88 Å². The lowest BCUT2D eigenvalue weighted by Crippen LogP contribution is -2.54. The van der Waals surface area contributed by atoms with Crippen LogP contribution in [0.2, 0.25) is 0 Å². The summed E-state index contributed by atoms with van der Waals surface area (Å²) in [7, 11) is 0. The number of hydrogen-bond donors (Lipinski definition) is 0. The van der Waals surface area contributed by atoms with Gasteiger partial charge < -0.3 is 9.80 Å². The van der Waals surface area contributed by atoms with Gasteiger partial charge in [-0.1, -0.05) is 6.07 Å². The third-order valence-electron chi connectivity index (χ3n) is 3.46. The van der Waals surface area contributed by atoms with Crippen molar-refractivity contribution >= 4 is 11.7 Å². The van der Waals surface area contributed by atoms with Crippen LogP contribution in [0.5, 0.6) is 0 Å². The average molecular weight is 275 g/mol. The Morgan fingerprint density at radius 3 is 3.00 bits per heavy atom. The largest absolute Gasteiger partial charge is 0.350 e. The van der Waals surface area contributed by atoms with E-state index < -0.39 is 5.95 Å². The summed E-state index contributed by atoms with van der Waals surface area (Å²) >= 11 is 0. The van der Waals surface area contributed by atoms with E-state index in [1.54, 1.807) is 12.1 Å².